The molecule has 2 aromatic carbocycles. The monoisotopic (exact) mass is 421 g/mol. The summed E-state index contributed by atoms with van der Waals surface area (Å²) in [6.45, 7) is 5.62. The molecule has 1 aliphatic heterocycles. The average Bonchev–Trinajstić information content (AvgIpc) is 3.41. The molecule has 0 spiro atoms. The van der Waals surface area contributed by atoms with E-state index in [4.69, 9.17) is 0 Å². The smallest absolute Gasteiger partial charge is 0.237 e. The molecule has 1 amide bonds. The molecule has 156 valence electrons. The zero-order chi connectivity index (χ0) is 20.8. The summed E-state index contributed by atoms with van der Waals surface area (Å²) in [6, 6.07) is 19.9. The molecule has 1 saturated heterocycles. The van der Waals surface area contributed by atoms with E-state index in [-0.39, 0.29) is 11.2 Å². The van der Waals surface area contributed by atoms with Crippen LogP contribution in [0.25, 0.3) is 0 Å². The van der Waals surface area contributed by atoms with Crippen LogP contribution in [0.3, 0.4) is 0 Å². The maximum absolute atomic E-state index is 12.7. The summed E-state index contributed by atoms with van der Waals surface area (Å²) in [7, 11) is 0. The van der Waals surface area contributed by atoms with Crippen molar-refractivity contribution in [1.82, 2.24) is 19.7 Å². The van der Waals surface area contributed by atoms with Crippen molar-refractivity contribution in [3.8, 4) is 0 Å². The number of amides is 1. The fourth-order valence-corrected chi connectivity index (χ4v) is 4.43. The minimum atomic E-state index is -0.288. The van der Waals surface area contributed by atoms with Gasteiger partial charge in [0.2, 0.25) is 5.91 Å². The molecule has 0 unspecified atom stereocenters. The highest BCUT2D eigenvalue weighted by atomic mass is 32.2. The Morgan fingerprint density at radius 2 is 1.67 bits per heavy atom. The highest BCUT2D eigenvalue weighted by Crippen LogP contribution is 2.25. The van der Waals surface area contributed by atoms with Gasteiger partial charge in [-0.2, -0.15) is 0 Å². The number of para-hydroxylation sites is 1. The lowest BCUT2D eigenvalue weighted by molar-refractivity contribution is -0.115. The van der Waals surface area contributed by atoms with Crippen molar-refractivity contribution in [2.45, 2.75) is 43.3 Å². The van der Waals surface area contributed by atoms with Crippen molar-refractivity contribution >= 4 is 23.4 Å². The fraction of sp³-hybridized carbons (Fsp3) is 0.348. The minimum absolute atomic E-state index is 0.0402. The first kappa shape index (κ1) is 20.6. The number of aromatic nitrogens is 3. The Morgan fingerprint density at radius 3 is 2.37 bits per heavy atom. The quantitative estimate of drug-likeness (QED) is 0.556. The molecule has 4 rings (SSSR count). The predicted octanol–water partition coefficient (Wildman–Crippen LogP) is 4.04. The maximum Gasteiger partial charge on any atom is 0.237 e. The van der Waals surface area contributed by atoms with E-state index >= 15 is 0 Å². The van der Waals surface area contributed by atoms with Gasteiger partial charge in [-0.25, -0.2) is 0 Å². The number of nitrogens with one attached hydrogen (secondary N) is 1. The normalized spacial score (nSPS) is 15.2. The summed E-state index contributed by atoms with van der Waals surface area (Å²) in [4.78, 5) is 15.1. The van der Waals surface area contributed by atoms with Crippen molar-refractivity contribution in [2.75, 3.05) is 18.4 Å². The molecule has 1 fully saturated rings. The van der Waals surface area contributed by atoms with E-state index in [2.05, 4.69) is 37.1 Å². The van der Waals surface area contributed by atoms with Crippen LogP contribution in [0.2, 0.25) is 0 Å². The van der Waals surface area contributed by atoms with Gasteiger partial charge in [0.1, 0.15) is 5.82 Å². The van der Waals surface area contributed by atoms with E-state index in [9.17, 15) is 4.79 Å². The molecular formula is C23H27N5OS. The average molecular weight is 422 g/mol. The lowest BCUT2D eigenvalue weighted by Crippen LogP contribution is -2.24. The molecule has 3 aromatic rings. The molecule has 0 aliphatic carbocycles. The molecule has 1 N–H and O–H groups in total. The molecule has 0 radical (unpaired) electrons. The summed E-state index contributed by atoms with van der Waals surface area (Å²) in [5.41, 5.74) is 2.00. The second kappa shape index (κ2) is 9.91. The number of benzene rings is 2. The molecule has 0 bridgehead atoms. The highest BCUT2D eigenvalue weighted by Gasteiger charge is 2.22. The third kappa shape index (κ3) is 5.29. The van der Waals surface area contributed by atoms with Crippen LogP contribution >= 0.6 is 11.8 Å². The number of rotatable bonds is 8. The van der Waals surface area contributed by atoms with Gasteiger partial charge in [0.25, 0.3) is 0 Å². The van der Waals surface area contributed by atoms with E-state index < -0.39 is 0 Å². The van der Waals surface area contributed by atoms with Crippen LogP contribution in [-0.2, 0) is 17.9 Å². The number of nitrogens with zero attached hydrogens (tertiary/aromatic N) is 4. The Hall–Kier alpha value is -2.64. The van der Waals surface area contributed by atoms with Crippen molar-refractivity contribution in [3.63, 3.8) is 0 Å². The third-order valence-corrected chi connectivity index (χ3v) is 6.31. The van der Waals surface area contributed by atoms with Gasteiger partial charge >= 0.3 is 0 Å². The molecule has 1 aromatic heterocycles. The number of anilines is 1. The van der Waals surface area contributed by atoms with Gasteiger partial charge in [0, 0.05) is 5.69 Å². The molecule has 7 heteroatoms. The molecular weight excluding hydrogens is 394 g/mol. The zero-order valence-corrected chi connectivity index (χ0v) is 18.0. The molecule has 30 heavy (non-hydrogen) atoms. The van der Waals surface area contributed by atoms with E-state index in [0.29, 0.717) is 6.54 Å². The number of hydrogen-bond donors (Lipinski definition) is 1. The van der Waals surface area contributed by atoms with Crippen LogP contribution in [0.5, 0.6) is 0 Å². The lowest BCUT2D eigenvalue weighted by Gasteiger charge is -2.17. The Balaban J connectivity index is 1.50. The van der Waals surface area contributed by atoms with Crippen LogP contribution in [-0.4, -0.2) is 43.9 Å². The SMILES string of the molecule is C[C@@H](Sc1nnc(CN2CCCC2)n1Cc1ccccc1)C(=O)Nc1ccccc1. The number of carbonyl (C=O) groups is 1. The molecule has 1 aliphatic rings. The van der Waals surface area contributed by atoms with Crippen molar-refractivity contribution in [3.05, 3.63) is 72.1 Å². The van der Waals surface area contributed by atoms with Crippen LogP contribution in [0.4, 0.5) is 5.69 Å². The summed E-state index contributed by atoms with van der Waals surface area (Å²) in [5, 5.41) is 12.4. The van der Waals surface area contributed by atoms with Gasteiger partial charge in [-0.15, -0.1) is 10.2 Å². The second-order valence-electron chi connectivity index (χ2n) is 7.57. The van der Waals surface area contributed by atoms with Gasteiger partial charge in [0.05, 0.1) is 18.3 Å². The van der Waals surface area contributed by atoms with Gasteiger partial charge in [-0.05, 0) is 50.6 Å². The van der Waals surface area contributed by atoms with E-state index in [1.165, 1.54) is 30.2 Å². The highest BCUT2D eigenvalue weighted by molar-refractivity contribution is 8.00. The van der Waals surface area contributed by atoms with Crippen LogP contribution in [0.1, 0.15) is 31.2 Å². The predicted molar refractivity (Wildman–Crippen MR) is 120 cm³/mol. The Morgan fingerprint density at radius 1 is 1.00 bits per heavy atom. The number of thioether (sulfide) groups is 1. The van der Waals surface area contributed by atoms with Gasteiger partial charge < -0.3 is 9.88 Å². The number of hydrogen-bond acceptors (Lipinski definition) is 5. The van der Waals surface area contributed by atoms with Crippen molar-refractivity contribution < 1.29 is 4.79 Å². The van der Waals surface area contributed by atoms with Crippen molar-refractivity contribution in [2.24, 2.45) is 0 Å². The Bertz CT molecular complexity index is 954. The number of carbonyl (C=O) groups excluding carboxylic acids is 1. The first-order valence-corrected chi connectivity index (χ1v) is 11.3. The van der Waals surface area contributed by atoms with Gasteiger partial charge in [-0.3, -0.25) is 9.69 Å². The van der Waals surface area contributed by atoms with E-state index in [0.717, 1.165) is 36.3 Å². The second-order valence-corrected chi connectivity index (χ2v) is 8.88. The molecule has 1 atom stereocenters. The summed E-state index contributed by atoms with van der Waals surface area (Å²) >= 11 is 1.45. The minimum Gasteiger partial charge on any atom is -0.325 e. The molecule has 2 heterocycles. The fourth-order valence-electron chi connectivity index (χ4n) is 3.57. The van der Waals surface area contributed by atoms with E-state index in [1.807, 2.05) is 55.5 Å². The zero-order valence-electron chi connectivity index (χ0n) is 17.2. The maximum atomic E-state index is 12.7. The van der Waals surface area contributed by atoms with E-state index in [1.54, 1.807) is 0 Å². The van der Waals surface area contributed by atoms with Crippen LogP contribution in [0.15, 0.2) is 65.8 Å². The summed E-state index contributed by atoms with van der Waals surface area (Å²) in [5.74, 6) is 0.917. The Labute approximate surface area is 181 Å². The summed E-state index contributed by atoms with van der Waals surface area (Å²) in [6.07, 6.45) is 2.48. The lowest BCUT2D eigenvalue weighted by atomic mass is 10.2. The number of likely N-dealkylation sites (tertiary alicyclic amines) is 1. The first-order chi connectivity index (χ1) is 14.7. The van der Waals surface area contributed by atoms with Crippen LogP contribution in [0, 0.1) is 0 Å². The summed E-state index contributed by atoms with van der Waals surface area (Å²) < 4.78 is 2.16. The molecule has 6 nitrogen and oxygen atoms in total. The largest absolute Gasteiger partial charge is 0.325 e. The topological polar surface area (TPSA) is 63.1 Å². The standard InChI is InChI=1S/C23H27N5OS/c1-18(22(29)24-20-12-6-3-7-13-20)30-23-26-25-21(17-27-14-8-9-15-27)28(23)16-19-10-4-2-5-11-19/h2-7,10-13,18H,8-9,14-17H2,1H3,(H,24,29)/t18-/m1/s1. The van der Waals surface area contributed by atoms with Crippen molar-refractivity contribution in [1.29, 1.82) is 0 Å². The van der Waals surface area contributed by atoms with Gasteiger partial charge in [-0.1, -0.05) is 60.3 Å². The molecule has 0 saturated carbocycles. The Kier molecular flexibility index (Phi) is 6.81. The van der Waals surface area contributed by atoms with Crippen LogP contribution < -0.4 is 5.32 Å². The van der Waals surface area contributed by atoms with Gasteiger partial charge in [0.15, 0.2) is 5.16 Å². The third-order valence-electron chi connectivity index (χ3n) is 5.23. The first-order valence-electron chi connectivity index (χ1n) is 10.4.